The van der Waals surface area contributed by atoms with Crippen LogP contribution in [0.25, 0.3) is 16.7 Å². The highest BCUT2D eigenvalue weighted by Gasteiger charge is 2.19. The Hall–Kier alpha value is -2.97. The summed E-state index contributed by atoms with van der Waals surface area (Å²) in [6.45, 7) is 2.37. The fourth-order valence-electron chi connectivity index (χ4n) is 2.88. The van der Waals surface area contributed by atoms with Crippen molar-refractivity contribution in [2.24, 2.45) is 0 Å². The summed E-state index contributed by atoms with van der Waals surface area (Å²) in [7, 11) is -3.62. The Morgan fingerprint density at radius 1 is 1.07 bits per heavy atom. The first kappa shape index (κ1) is 19.4. The molecule has 0 aliphatic rings. The summed E-state index contributed by atoms with van der Waals surface area (Å²) in [5.74, 6) is 0.383. The van der Waals surface area contributed by atoms with Crippen LogP contribution in [0.5, 0.6) is 0 Å². The van der Waals surface area contributed by atoms with Gasteiger partial charge in [-0.2, -0.15) is 10.1 Å². The molecule has 0 radical (unpaired) electrons. The smallest absolute Gasteiger partial charge is 0.250 e. The first-order chi connectivity index (χ1) is 13.8. The number of hydrogen-bond acceptors (Lipinski definition) is 6. The topological polar surface area (TPSA) is 89.8 Å². The standard InChI is InChI=1S/C20H18ClN5O2S/c1-13-7-9-15(10-8-13)26-19-16(12-23-26)18(24-20(25-19)29(2,27)28)22-11-14-5-3-4-6-17(14)21/h3-10,12H,11H2,1-2H3,(H,22,24,25). The van der Waals surface area contributed by atoms with E-state index in [4.69, 9.17) is 11.6 Å². The summed E-state index contributed by atoms with van der Waals surface area (Å²) in [6.07, 6.45) is 2.70. The molecule has 0 spiro atoms. The predicted molar refractivity (Wildman–Crippen MR) is 113 cm³/mol. The lowest BCUT2D eigenvalue weighted by Crippen LogP contribution is -2.10. The number of sulfone groups is 1. The minimum absolute atomic E-state index is 0.263. The lowest BCUT2D eigenvalue weighted by atomic mass is 10.2. The molecule has 4 aromatic rings. The van der Waals surface area contributed by atoms with E-state index < -0.39 is 9.84 Å². The summed E-state index contributed by atoms with van der Waals surface area (Å²) in [4.78, 5) is 8.51. The van der Waals surface area contributed by atoms with Crippen LogP contribution in [0.1, 0.15) is 11.1 Å². The van der Waals surface area contributed by atoms with Gasteiger partial charge in [-0.05, 0) is 30.7 Å². The van der Waals surface area contributed by atoms with Gasteiger partial charge in [0.1, 0.15) is 5.82 Å². The normalized spacial score (nSPS) is 11.7. The molecule has 4 rings (SSSR count). The van der Waals surface area contributed by atoms with Crippen molar-refractivity contribution in [2.45, 2.75) is 18.6 Å². The Bertz CT molecular complexity index is 1300. The van der Waals surface area contributed by atoms with Crippen molar-refractivity contribution >= 4 is 38.3 Å². The summed E-state index contributed by atoms with van der Waals surface area (Å²) in [6, 6.07) is 15.1. The molecule has 2 aromatic carbocycles. The van der Waals surface area contributed by atoms with Crippen molar-refractivity contribution in [2.75, 3.05) is 11.6 Å². The Morgan fingerprint density at radius 2 is 1.79 bits per heavy atom. The maximum absolute atomic E-state index is 12.2. The van der Waals surface area contributed by atoms with E-state index in [1.807, 2.05) is 49.4 Å². The zero-order valence-electron chi connectivity index (χ0n) is 15.8. The van der Waals surface area contributed by atoms with Gasteiger partial charge >= 0.3 is 0 Å². The van der Waals surface area contributed by atoms with Crippen molar-refractivity contribution in [1.82, 2.24) is 19.7 Å². The maximum Gasteiger partial charge on any atom is 0.250 e. The number of rotatable bonds is 5. The second-order valence-electron chi connectivity index (χ2n) is 6.70. The third-order valence-electron chi connectivity index (χ3n) is 4.42. The minimum Gasteiger partial charge on any atom is -0.365 e. The average molecular weight is 428 g/mol. The van der Waals surface area contributed by atoms with Gasteiger partial charge in [-0.3, -0.25) is 0 Å². The average Bonchev–Trinajstić information content (AvgIpc) is 3.11. The molecule has 0 atom stereocenters. The fraction of sp³-hybridized carbons (Fsp3) is 0.150. The van der Waals surface area contributed by atoms with Crippen LogP contribution in [0.3, 0.4) is 0 Å². The second kappa shape index (κ2) is 7.46. The molecular weight excluding hydrogens is 410 g/mol. The first-order valence-electron chi connectivity index (χ1n) is 8.83. The molecule has 7 nitrogen and oxygen atoms in total. The summed E-state index contributed by atoms with van der Waals surface area (Å²) in [5, 5.41) is 8.55. The Labute approximate surface area is 173 Å². The van der Waals surface area contributed by atoms with Crippen LogP contribution in [-0.2, 0) is 16.4 Å². The molecule has 2 heterocycles. The third kappa shape index (κ3) is 3.94. The van der Waals surface area contributed by atoms with Crippen LogP contribution in [0, 0.1) is 6.92 Å². The number of hydrogen-bond donors (Lipinski definition) is 1. The summed E-state index contributed by atoms with van der Waals surface area (Å²) < 4.78 is 25.9. The van der Waals surface area contributed by atoms with Crippen molar-refractivity contribution in [3.63, 3.8) is 0 Å². The first-order valence-corrected chi connectivity index (χ1v) is 11.1. The minimum atomic E-state index is -3.62. The van der Waals surface area contributed by atoms with Crippen LogP contribution >= 0.6 is 11.6 Å². The molecule has 0 aliphatic carbocycles. The number of halogens is 1. The van der Waals surface area contributed by atoms with Gasteiger partial charge in [0, 0.05) is 17.8 Å². The van der Waals surface area contributed by atoms with Crippen LogP contribution in [0.2, 0.25) is 5.02 Å². The molecule has 0 aliphatic heterocycles. The molecule has 0 unspecified atom stereocenters. The van der Waals surface area contributed by atoms with Crippen molar-refractivity contribution in [3.05, 3.63) is 70.9 Å². The van der Waals surface area contributed by atoms with Gasteiger partial charge in [-0.25, -0.2) is 18.1 Å². The van der Waals surface area contributed by atoms with Crippen molar-refractivity contribution in [3.8, 4) is 5.69 Å². The number of aromatic nitrogens is 4. The molecule has 0 saturated heterocycles. The highest BCUT2D eigenvalue weighted by molar-refractivity contribution is 7.90. The van der Waals surface area contributed by atoms with E-state index in [2.05, 4.69) is 20.4 Å². The van der Waals surface area contributed by atoms with Gasteiger partial charge in [0.25, 0.3) is 5.16 Å². The molecule has 2 aromatic heterocycles. The van der Waals surface area contributed by atoms with Crippen LogP contribution in [-0.4, -0.2) is 34.4 Å². The number of anilines is 1. The number of nitrogens with one attached hydrogen (secondary N) is 1. The van der Waals surface area contributed by atoms with Crippen molar-refractivity contribution < 1.29 is 8.42 Å². The van der Waals surface area contributed by atoms with Crippen LogP contribution in [0.15, 0.2) is 59.9 Å². The largest absolute Gasteiger partial charge is 0.365 e. The van der Waals surface area contributed by atoms with Crippen molar-refractivity contribution in [1.29, 1.82) is 0 Å². The maximum atomic E-state index is 12.2. The Kier molecular flexibility index (Phi) is 4.97. The zero-order valence-corrected chi connectivity index (χ0v) is 17.4. The quantitative estimate of drug-likeness (QED) is 0.487. The van der Waals surface area contributed by atoms with E-state index in [0.29, 0.717) is 28.4 Å². The fourth-order valence-corrected chi connectivity index (χ4v) is 3.60. The third-order valence-corrected chi connectivity index (χ3v) is 5.64. The number of aryl methyl sites for hydroxylation is 1. The molecule has 0 saturated carbocycles. The summed E-state index contributed by atoms with van der Waals surface area (Å²) in [5.41, 5.74) is 3.17. The number of benzene rings is 2. The molecule has 0 bridgehead atoms. The number of fused-ring (bicyclic) bond motifs is 1. The molecule has 29 heavy (non-hydrogen) atoms. The van der Waals surface area contributed by atoms with E-state index in [0.717, 1.165) is 23.1 Å². The van der Waals surface area contributed by atoms with Gasteiger partial charge in [0.15, 0.2) is 5.65 Å². The van der Waals surface area contributed by atoms with E-state index in [1.165, 1.54) is 0 Å². The molecule has 148 valence electrons. The van der Waals surface area contributed by atoms with Gasteiger partial charge in [0.05, 0.1) is 17.3 Å². The molecule has 0 amide bonds. The lowest BCUT2D eigenvalue weighted by Gasteiger charge is -2.10. The summed E-state index contributed by atoms with van der Waals surface area (Å²) >= 11 is 6.22. The van der Waals surface area contributed by atoms with Gasteiger partial charge in [-0.15, -0.1) is 0 Å². The van der Waals surface area contributed by atoms with Gasteiger partial charge in [-0.1, -0.05) is 47.5 Å². The lowest BCUT2D eigenvalue weighted by molar-refractivity contribution is 0.593. The monoisotopic (exact) mass is 427 g/mol. The van der Waals surface area contributed by atoms with Gasteiger partial charge in [0.2, 0.25) is 9.84 Å². The molecule has 0 fully saturated rings. The van der Waals surface area contributed by atoms with E-state index >= 15 is 0 Å². The van der Waals surface area contributed by atoms with Crippen LogP contribution < -0.4 is 5.32 Å². The number of nitrogens with zero attached hydrogens (tertiary/aromatic N) is 4. The highest BCUT2D eigenvalue weighted by Crippen LogP contribution is 2.25. The van der Waals surface area contributed by atoms with Crippen LogP contribution in [0.4, 0.5) is 5.82 Å². The molecule has 1 N–H and O–H groups in total. The zero-order chi connectivity index (χ0) is 20.6. The highest BCUT2D eigenvalue weighted by atomic mass is 35.5. The molecular formula is C20H18ClN5O2S. The Balaban J connectivity index is 1.83. The second-order valence-corrected chi connectivity index (χ2v) is 9.02. The molecule has 9 heteroatoms. The van der Waals surface area contributed by atoms with E-state index in [1.54, 1.807) is 16.9 Å². The van der Waals surface area contributed by atoms with E-state index in [9.17, 15) is 8.42 Å². The van der Waals surface area contributed by atoms with Gasteiger partial charge < -0.3 is 5.32 Å². The SMILES string of the molecule is Cc1ccc(-n2ncc3c(NCc4ccccc4Cl)nc(S(C)(=O)=O)nc32)cc1. The predicted octanol–water partition coefficient (Wildman–Crippen LogP) is 3.79. The van der Waals surface area contributed by atoms with E-state index in [-0.39, 0.29) is 5.16 Å². The Morgan fingerprint density at radius 3 is 2.48 bits per heavy atom.